The normalized spacial score (nSPS) is 38.6. The van der Waals surface area contributed by atoms with Crippen LogP contribution in [0.4, 0.5) is 0 Å². The standard InChI is InChI=1S/C13H26BrN5O3/c1-2-7-9(22-10(6-15)13(16)18-19-17)5-8(14)12-11(7)20-3-4-21-12/h7-13H,2-6,15-16H2,1H3,(H2,17,18). The summed E-state index contributed by atoms with van der Waals surface area (Å²) in [6, 6.07) is 0. The van der Waals surface area contributed by atoms with Crippen LogP contribution in [-0.2, 0) is 14.2 Å². The van der Waals surface area contributed by atoms with Gasteiger partial charge in [-0.1, -0.05) is 28.1 Å². The first-order valence-corrected chi connectivity index (χ1v) is 8.62. The second kappa shape index (κ2) is 8.51. The van der Waals surface area contributed by atoms with Gasteiger partial charge in [0.05, 0.1) is 31.5 Å². The zero-order chi connectivity index (χ0) is 16.1. The molecule has 0 aromatic heterocycles. The summed E-state index contributed by atoms with van der Waals surface area (Å²) in [7, 11) is 0. The van der Waals surface area contributed by atoms with Crippen LogP contribution in [-0.4, -0.2) is 55.2 Å². The highest BCUT2D eigenvalue weighted by Crippen LogP contribution is 2.39. The largest absolute Gasteiger partial charge is 0.373 e. The number of hydrogen-bond donors (Lipinski definition) is 3. The van der Waals surface area contributed by atoms with Gasteiger partial charge in [-0.15, -0.1) is 5.11 Å². The lowest BCUT2D eigenvalue weighted by molar-refractivity contribution is -0.205. The van der Waals surface area contributed by atoms with Crippen molar-refractivity contribution in [2.24, 2.45) is 33.6 Å². The molecule has 0 bridgehead atoms. The number of ether oxygens (including phenoxy) is 3. The molecule has 1 aliphatic heterocycles. The van der Waals surface area contributed by atoms with E-state index in [1.165, 1.54) is 0 Å². The first-order valence-electron chi connectivity index (χ1n) is 7.70. The molecule has 0 aromatic carbocycles. The van der Waals surface area contributed by atoms with E-state index in [2.05, 4.69) is 33.2 Å². The van der Waals surface area contributed by atoms with Crippen molar-refractivity contribution in [1.29, 1.82) is 0 Å². The van der Waals surface area contributed by atoms with Crippen molar-refractivity contribution in [1.82, 2.24) is 0 Å². The number of fused-ring (bicyclic) bond motifs is 1. The quantitative estimate of drug-likeness (QED) is 0.263. The third kappa shape index (κ3) is 3.95. The minimum atomic E-state index is -0.664. The lowest BCUT2D eigenvalue weighted by Gasteiger charge is -2.47. The number of halogens is 1. The SMILES string of the molecule is CCC1C(OC(CN)C(N)N=NN)CC(Br)C2OCCOC12. The molecule has 9 heteroatoms. The minimum Gasteiger partial charge on any atom is -0.373 e. The molecule has 7 atom stereocenters. The Balaban J connectivity index is 2.08. The van der Waals surface area contributed by atoms with Gasteiger partial charge in [-0.05, 0) is 12.8 Å². The summed E-state index contributed by atoms with van der Waals surface area (Å²) >= 11 is 3.70. The van der Waals surface area contributed by atoms with Gasteiger partial charge in [-0.25, -0.2) is 0 Å². The molecule has 0 aromatic rings. The van der Waals surface area contributed by atoms with Crippen LogP contribution < -0.4 is 17.3 Å². The van der Waals surface area contributed by atoms with Gasteiger partial charge in [0.15, 0.2) is 0 Å². The van der Waals surface area contributed by atoms with Crippen molar-refractivity contribution >= 4 is 15.9 Å². The number of alkyl halides is 1. The summed E-state index contributed by atoms with van der Waals surface area (Å²) in [4.78, 5) is 0.177. The maximum absolute atomic E-state index is 6.15. The molecule has 1 saturated carbocycles. The van der Waals surface area contributed by atoms with Gasteiger partial charge in [0.1, 0.15) is 12.3 Å². The molecule has 6 N–H and O–H groups in total. The Kier molecular flexibility index (Phi) is 6.97. The minimum absolute atomic E-state index is 0.0210. The zero-order valence-electron chi connectivity index (χ0n) is 12.8. The fraction of sp³-hybridized carbons (Fsp3) is 1.00. The molecule has 1 aliphatic carbocycles. The molecule has 1 saturated heterocycles. The van der Waals surface area contributed by atoms with Gasteiger partial charge >= 0.3 is 0 Å². The summed E-state index contributed by atoms with van der Waals surface area (Å²) in [6.07, 6.45) is 0.714. The maximum Gasteiger partial charge on any atom is 0.148 e. The second-order valence-electron chi connectivity index (χ2n) is 5.66. The van der Waals surface area contributed by atoms with Crippen LogP contribution in [0.15, 0.2) is 10.3 Å². The molecule has 0 amide bonds. The van der Waals surface area contributed by atoms with E-state index in [1.54, 1.807) is 0 Å². The van der Waals surface area contributed by atoms with E-state index in [9.17, 15) is 0 Å². The third-order valence-electron chi connectivity index (χ3n) is 4.38. The van der Waals surface area contributed by atoms with Crippen LogP contribution in [0.1, 0.15) is 19.8 Å². The van der Waals surface area contributed by atoms with Gasteiger partial charge < -0.3 is 31.5 Å². The molecule has 0 radical (unpaired) electrons. The van der Waals surface area contributed by atoms with Gasteiger partial charge in [0.25, 0.3) is 0 Å². The molecule has 2 aliphatic rings. The monoisotopic (exact) mass is 379 g/mol. The van der Waals surface area contributed by atoms with E-state index in [-0.39, 0.29) is 35.6 Å². The van der Waals surface area contributed by atoms with Crippen molar-refractivity contribution in [2.45, 2.75) is 55.2 Å². The predicted octanol–water partition coefficient (Wildman–Crippen LogP) is 0.287. The maximum atomic E-state index is 6.15. The number of hydrogen-bond acceptors (Lipinski definition) is 7. The van der Waals surface area contributed by atoms with Gasteiger partial charge in [0.2, 0.25) is 0 Å². The molecule has 2 rings (SSSR count). The average Bonchev–Trinajstić information content (AvgIpc) is 2.53. The van der Waals surface area contributed by atoms with Crippen LogP contribution in [0, 0.1) is 5.92 Å². The Bertz CT molecular complexity index is 376. The van der Waals surface area contributed by atoms with Crippen molar-refractivity contribution in [3.63, 3.8) is 0 Å². The van der Waals surface area contributed by atoms with E-state index < -0.39 is 12.3 Å². The highest BCUT2D eigenvalue weighted by Gasteiger charge is 2.47. The van der Waals surface area contributed by atoms with Crippen LogP contribution in [0.2, 0.25) is 0 Å². The van der Waals surface area contributed by atoms with Crippen LogP contribution in [0.3, 0.4) is 0 Å². The van der Waals surface area contributed by atoms with E-state index in [0.29, 0.717) is 13.2 Å². The second-order valence-corrected chi connectivity index (χ2v) is 6.84. The van der Waals surface area contributed by atoms with Crippen molar-refractivity contribution in [3.8, 4) is 0 Å². The number of rotatable bonds is 6. The molecular weight excluding hydrogens is 354 g/mol. The van der Waals surface area contributed by atoms with Crippen molar-refractivity contribution < 1.29 is 14.2 Å². The van der Waals surface area contributed by atoms with E-state index in [1.807, 2.05) is 0 Å². The Morgan fingerprint density at radius 3 is 2.59 bits per heavy atom. The molecule has 1 heterocycles. The number of nitrogens with zero attached hydrogens (tertiary/aromatic N) is 2. The molecule has 128 valence electrons. The lowest BCUT2D eigenvalue weighted by Crippen LogP contribution is -2.57. The molecule has 22 heavy (non-hydrogen) atoms. The Morgan fingerprint density at radius 2 is 2.00 bits per heavy atom. The summed E-state index contributed by atoms with van der Waals surface area (Å²) in [5.74, 6) is 5.29. The lowest BCUT2D eigenvalue weighted by atomic mass is 9.79. The predicted molar refractivity (Wildman–Crippen MR) is 85.3 cm³/mol. The van der Waals surface area contributed by atoms with Crippen LogP contribution in [0.25, 0.3) is 0 Å². The highest BCUT2D eigenvalue weighted by atomic mass is 79.9. The summed E-state index contributed by atoms with van der Waals surface area (Å²) in [5, 5.41) is 6.95. The van der Waals surface area contributed by atoms with Crippen molar-refractivity contribution in [2.75, 3.05) is 19.8 Å². The fourth-order valence-corrected chi connectivity index (χ4v) is 4.10. The third-order valence-corrected chi connectivity index (χ3v) is 5.27. The fourth-order valence-electron chi connectivity index (χ4n) is 3.28. The highest BCUT2D eigenvalue weighted by molar-refractivity contribution is 9.09. The molecular formula is C13H26BrN5O3. The van der Waals surface area contributed by atoms with E-state index in [0.717, 1.165) is 12.8 Å². The zero-order valence-corrected chi connectivity index (χ0v) is 14.4. The van der Waals surface area contributed by atoms with Crippen molar-refractivity contribution in [3.05, 3.63) is 0 Å². The van der Waals surface area contributed by atoms with Gasteiger partial charge in [0, 0.05) is 17.3 Å². The first kappa shape index (κ1) is 18.0. The average molecular weight is 380 g/mol. The first-order chi connectivity index (χ1) is 10.6. The molecule has 0 spiro atoms. The summed E-state index contributed by atoms with van der Waals surface area (Å²) < 4.78 is 18.0. The Labute approximate surface area is 139 Å². The van der Waals surface area contributed by atoms with Gasteiger partial charge in [-0.2, -0.15) is 0 Å². The molecule has 7 unspecified atom stereocenters. The van der Waals surface area contributed by atoms with Crippen LogP contribution >= 0.6 is 15.9 Å². The topological polar surface area (TPSA) is 130 Å². The summed E-state index contributed by atoms with van der Waals surface area (Å²) in [5.41, 5.74) is 11.7. The van der Waals surface area contributed by atoms with E-state index >= 15 is 0 Å². The Hall–Kier alpha value is -0.320. The Morgan fingerprint density at radius 1 is 1.32 bits per heavy atom. The smallest absolute Gasteiger partial charge is 0.148 e. The molecule has 2 fully saturated rings. The summed E-state index contributed by atoms with van der Waals surface area (Å²) in [6.45, 7) is 3.64. The van der Waals surface area contributed by atoms with Crippen LogP contribution in [0.5, 0.6) is 0 Å². The number of nitrogens with two attached hydrogens (primary N) is 3. The van der Waals surface area contributed by atoms with Gasteiger partial charge in [-0.3, -0.25) is 0 Å². The molecule has 8 nitrogen and oxygen atoms in total. The van der Waals surface area contributed by atoms with E-state index in [4.69, 9.17) is 31.5 Å².